The number of hydrogen-bond donors (Lipinski definition) is 1. The van der Waals surface area contributed by atoms with Gasteiger partial charge in [0.1, 0.15) is 0 Å². The van der Waals surface area contributed by atoms with Crippen LogP contribution in [0.1, 0.15) is 19.3 Å². The molecule has 3 rings (SSSR count). The van der Waals surface area contributed by atoms with Crippen LogP contribution in [-0.4, -0.2) is 57.3 Å². The van der Waals surface area contributed by atoms with Crippen molar-refractivity contribution in [1.29, 1.82) is 0 Å². The number of carbonyl (C=O) groups is 1. The molecule has 132 valence electrons. The van der Waals surface area contributed by atoms with Gasteiger partial charge in [-0.2, -0.15) is 0 Å². The number of fused-ring (bicyclic) bond motifs is 1. The number of ether oxygens (including phenoxy) is 2. The van der Waals surface area contributed by atoms with Gasteiger partial charge in [0.2, 0.25) is 5.91 Å². The molecule has 24 heavy (non-hydrogen) atoms. The van der Waals surface area contributed by atoms with Crippen LogP contribution in [0.2, 0.25) is 0 Å². The quantitative estimate of drug-likeness (QED) is 0.849. The van der Waals surface area contributed by atoms with Crippen molar-refractivity contribution in [3.8, 4) is 11.5 Å². The summed E-state index contributed by atoms with van der Waals surface area (Å²) in [6.07, 6.45) is 1.48. The maximum absolute atomic E-state index is 12.5. The fraction of sp³-hybridized carbons (Fsp3) is 0.562. The fourth-order valence-corrected chi connectivity index (χ4v) is 4.09. The summed E-state index contributed by atoms with van der Waals surface area (Å²) in [6, 6.07) is 4.58. The zero-order chi connectivity index (χ0) is 17.2. The van der Waals surface area contributed by atoms with Crippen LogP contribution in [0.25, 0.3) is 0 Å². The zero-order valence-electron chi connectivity index (χ0n) is 13.4. The van der Waals surface area contributed by atoms with Crippen molar-refractivity contribution < 1.29 is 22.7 Å². The Kier molecular flexibility index (Phi) is 4.96. The van der Waals surface area contributed by atoms with E-state index in [9.17, 15) is 13.2 Å². The molecule has 0 radical (unpaired) electrons. The standard InChI is InChI=1S/C16H22N2O5S/c17-12-4-6-18(11-12)16(19)5-9-24(20,21)13-2-3-14-15(10-13)23-8-1-7-22-14/h2-3,10,12H,1,4-9,11,17H2/t12-/m1/s1. The lowest BCUT2D eigenvalue weighted by molar-refractivity contribution is -0.129. The molecule has 0 unspecified atom stereocenters. The van der Waals surface area contributed by atoms with E-state index in [1.165, 1.54) is 12.1 Å². The first kappa shape index (κ1) is 17.0. The highest BCUT2D eigenvalue weighted by molar-refractivity contribution is 7.91. The van der Waals surface area contributed by atoms with Crippen LogP contribution in [0.15, 0.2) is 23.1 Å². The number of sulfone groups is 1. The Labute approximate surface area is 141 Å². The first-order valence-electron chi connectivity index (χ1n) is 8.11. The summed E-state index contributed by atoms with van der Waals surface area (Å²) in [4.78, 5) is 13.9. The van der Waals surface area contributed by atoms with Gasteiger partial charge in [0.25, 0.3) is 0 Å². The molecule has 1 aromatic rings. The van der Waals surface area contributed by atoms with Crippen LogP contribution < -0.4 is 15.2 Å². The van der Waals surface area contributed by atoms with E-state index >= 15 is 0 Å². The van der Waals surface area contributed by atoms with Crippen LogP contribution in [0, 0.1) is 0 Å². The second-order valence-electron chi connectivity index (χ2n) is 6.12. The van der Waals surface area contributed by atoms with Crippen molar-refractivity contribution in [2.24, 2.45) is 5.73 Å². The van der Waals surface area contributed by atoms with Crippen molar-refractivity contribution in [3.63, 3.8) is 0 Å². The summed E-state index contributed by atoms with van der Waals surface area (Å²) in [6.45, 7) is 2.14. The predicted octanol–water partition coefficient (Wildman–Crippen LogP) is 0.571. The Balaban J connectivity index is 1.67. The minimum absolute atomic E-state index is 0.00714. The molecule has 2 aliphatic heterocycles. The molecule has 1 fully saturated rings. The average molecular weight is 354 g/mol. The molecular weight excluding hydrogens is 332 g/mol. The molecule has 0 aromatic heterocycles. The third kappa shape index (κ3) is 3.81. The predicted molar refractivity (Wildman–Crippen MR) is 87.9 cm³/mol. The third-order valence-electron chi connectivity index (χ3n) is 4.24. The lowest BCUT2D eigenvalue weighted by Gasteiger charge is -2.16. The molecule has 1 aromatic carbocycles. The van der Waals surface area contributed by atoms with Gasteiger partial charge in [0.15, 0.2) is 21.3 Å². The van der Waals surface area contributed by atoms with Crippen LogP contribution in [0.3, 0.4) is 0 Å². The summed E-state index contributed by atoms with van der Waals surface area (Å²) in [5.41, 5.74) is 5.78. The average Bonchev–Trinajstić information content (AvgIpc) is 2.86. The van der Waals surface area contributed by atoms with Gasteiger partial charge in [-0.05, 0) is 18.6 Å². The van der Waals surface area contributed by atoms with E-state index in [0.717, 1.165) is 12.8 Å². The Bertz CT molecular complexity index is 719. The molecule has 2 aliphatic rings. The van der Waals surface area contributed by atoms with E-state index in [1.807, 2.05) is 0 Å². The fourth-order valence-electron chi connectivity index (χ4n) is 2.85. The summed E-state index contributed by atoms with van der Waals surface area (Å²) < 4.78 is 36.0. The lowest BCUT2D eigenvalue weighted by atomic mass is 10.3. The van der Waals surface area contributed by atoms with Crippen LogP contribution in [0.4, 0.5) is 0 Å². The molecule has 0 spiro atoms. The van der Waals surface area contributed by atoms with Crippen molar-refractivity contribution in [2.75, 3.05) is 32.1 Å². The van der Waals surface area contributed by atoms with E-state index in [1.54, 1.807) is 11.0 Å². The summed E-state index contributed by atoms with van der Waals surface area (Å²) in [7, 11) is -3.56. The lowest BCUT2D eigenvalue weighted by Crippen LogP contribution is -2.32. The number of nitrogens with zero attached hydrogens (tertiary/aromatic N) is 1. The molecular formula is C16H22N2O5S. The zero-order valence-corrected chi connectivity index (χ0v) is 14.3. The van der Waals surface area contributed by atoms with E-state index in [4.69, 9.17) is 15.2 Å². The van der Waals surface area contributed by atoms with Gasteiger partial charge in [0, 0.05) is 38.0 Å². The van der Waals surface area contributed by atoms with Crippen molar-refractivity contribution in [2.45, 2.75) is 30.2 Å². The molecule has 0 aliphatic carbocycles. The van der Waals surface area contributed by atoms with Crippen LogP contribution >= 0.6 is 0 Å². The van der Waals surface area contributed by atoms with E-state index in [0.29, 0.717) is 37.8 Å². The number of rotatable bonds is 4. The van der Waals surface area contributed by atoms with Gasteiger partial charge in [-0.25, -0.2) is 8.42 Å². The van der Waals surface area contributed by atoms with Crippen molar-refractivity contribution >= 4 is 15.7 Å². The highest BCUT2D eigenvalue weighted by Gasteiger charge is 2.26. The Morgan fingerprint density at radius 3 is 2.71 bits per heavy atom. The summed E-state index contributed by atoms with van der Waals surface area (Å²) in [5.74, 6) is 0.594. The second-order valence-corrected chi connectivity index (χ2v) is 8.23. The Morgan fingerprint density at radius 2 is 2.00 bits per heavy atom. The number of hydrogen-bond acceptors (Lipinski definition) is 6. The monoisotopic (exact) mass is 354 g/mol. The van der Waals surface area contributed by atoms with E-state index in [-0.39, 0.29) is 29.0 Å². The minimum Gasteiger partial charge on any atom is -0.490 e. The number of likely N-dealkylation sites (tertiary alicyclic amines) is 1. The Hall–Kier alpha value is -1.80. The molecule has 0 saturated carbocycles. The van der Waals surface area contributed by atoms with Crippen molar-refractivity contribution in [3.05, 3.63) is 18.2 Å². The van der Waals surface area contributed by atoms with Gasteiger partial charge in [-0.3, -0.25) is 4.79 Å². The molecule has 2 N–H and O–H groups in total. The largest absolute Gasteiger partial charge is 0.490 e. The highest BCUT2D eigenvalue weighted by atomic mass is 32.2. The molecule has 1 saturated heterocycles. The number of amides is 1. The molecule has 2 heterocycles. The third-order valence-corrected chi connectivity index (χ3v) is 5.95. The smallest absolute Gasteiger partial charge is 0.223 e. The van der Waals surface area contributed by atoms with Gasteiger partial charge in [0.05, 0.1) is 23.9 Å². The summed E-state index contributed by atoms with van der Waals surface area (Å²) >= 11 is 0. The molecule has 1 amide bonds. The summed E-state index contributed by atoms with van der Waals surface area (Å²) in [5, 5.41) is 0. The molecule has 0 bridgehead atoms. The Morgan fingerprint density at radius 1 is 1.25 bits per heavy atom. The molecule has 7 nitrogen and oxygen atoms in total. The SMILES string of the molecule is N[C@@H]1CCN(C(=O)CCS(=O)(=O)c2ccc3c(c2)OCCCO3)C1. The first-order valence-corrected chi connectivity index (χ1v) is 9.77. The number of carbonyl (C=O) groups excluding carboxylic acids is 1. The van der Waals surface area contributed by atoms with Crippen LogP contribution in [-0.2, 0) is 14.6 Å². The van der Waals surface area contributed by atoms with Crippen molar-refractivity contribution in [1.82, 2.24) is 4.90 Å². The molecule has 8 heteroatoms. The van der Waals surface area contributed by atoms with E-state index < -0.39 is 9.84 Å². The van der Waals surface area contributed by atoms with E-state index in [2.05, 4.69) is 0 Å². The van der Waals surface area contributed by atoms with Gasteiger partial charge in [-0.1, -0.05) is 0 Å². The molecule has 1 atom stereocenters. The number of nitrogens with two attached hydrogens (primary N) is 1. The van der Waals surface area contributed by atoms with Crippen LogP contribution in [0.5, 0.6) is 11.5 Å². The normalized spacial score (nSPS) is 20.7. The van der Waals surface area contributed by atoms with Gasteiger partial charge in [-0.15, -0.1) is 0 Å². The number of benzene rings is 1. The first-order chi connectivity index (χ1) is 11.5. The maximum atomic E-state index is 12.5. The van der Waals surface area contributed by atoms with Gasteiger partial charge < -0.3 is 20.1 Å². The second kappa shape index (κ2) is 6.98. The maximum Gasteiger partial charge on any atom is 0.223 e. The highest BCUT2D eigenvalue weighted by Crippen LogP contribution is 2.32. The minimum atomic E-state index is -3.56. The topological polar surface area (TPSA) is 98.9 Å². The van der Waals surface area contributed by atoms with Gasteiger partial charge >= 0.3 is 0 Å².